The summed E-state index contributed by atoms with van der Waals surface area (Å²) in [6, 6.07) is 9.67. The zero-order valence-electron chi connectivity index (χ0n) is 16.3. The van der Waals surface area contributed by atoms with E-state index < -0.39 is 0 Å². The molecule has 0 radical (unpaired) electrons. The molecule has 1 aromatic heterocycles. The van der Waals surface area contributed by atoms with Gasteiger partial charge in [-0.05, 0) is 24.1 Å². The number of hydrogen-bond donors (Lipinski definition) is 2. The van der Waals surface area contributed by atoms with Crippen LogP contribution >= 0.6 is 0 Å². The molecular weight excluding hydrogens is 356 g/mol. The molecule has 7 nitrogen and oxygen atoms in total. The second kappa shape index (κ2) is 10.6. The summed E-state index contributed by atoms with van der Waals surface area (Å²) in [5, 5.41) is 6.29. The number of hydrogen-bond acceptors (Lipinski definition) is 6. The van der Waals surface area contributed by atoms with Crippen LogP contribution in [0.15, 0.2) is 42.7 Å². The van der Waals surface area contributed by atoms with Crippen LogP contribution in [0.5, 0.6) is 5.75 Å². The SMILES string of the molecule is COc1ccccc1CCNC(=O)c1cncc(NCCN2CCOCC2)c1. The molecule has 1 aliphatic heterocycles. The lowest BCUT2D eigenvalue weighted by Gasteiger charge is -2.26. The zero-order chi connectivity index (χ0) is 19.6. The highest BCUT2D eigenvalue weighted by Gasteiger charge is 2.10. The number of ether oxygens (including phenoxy) is 2. The Kier molecular flexibility index (Phi) is 7.63. The third-order valence-corrected chi connectivity index (χ3v) is 4.73. The van der Waals surface area contributed by atoms with Crippen LogP contribution in [0.4, 0.5) is 5.69 Å². The number of amides is 1. The van der Waals surface area contributed by atoms with Gasteiger partial charge in [0.05, 0.1) is 31.6 Å². The van der Waals surface area contributed by atoms with Crippen molar-refractivity contribution in [3.63, 3.8) is 0 Å². The fourth-order valence-corrected chi connectivity index (χ4v) is 3.17. The van der Waals surface area contributed by atoms with Crippen LogP contribution in [0.3, 0.4) is 0 Å². The molecule has 150 valence electrons. The Morgan fingerprint density at radius 2 is 2.04 bits per heavy atom. The summed E-state index contributed by atoms with van der Waals surface area (Å²) in [5.74, 6) is 0.712. The molecule has 7 heteroatoms. The van der Waals surface area contributed by atoms with Crippen molar-refractivity contribution < 1.29 is 14.3 Å². The van der Waals surface area contributed by atoms with E-state index in [1.54, 1.807) is 19.5 Å². The van der Waals surface area contributed by atoms with Crippen LogP contribution in [0.25, 0.3) is 0 Å². The lowest BCUT2D eigenvalue weighted by Crippen LogP contribution is -2.39. The zero-order valence-corrected chi connectivity index (χ0v) is 16.3. The number of carbonyl (C=O) groups is 1. The first-order valence-corrected chi connectivity index (χ1v) is 9.65. The van der Waals surface area contributed by atoms with Gasteiger partial charge in [-0.15, -0.1) is 0 Å². The quantitative estimate of drug-likeness (QED) is 0.687. The van der Waals surface area contributed by atoms with Crippen LogP contribution in [-0.4, -0.2) is 68.8 Å². The Morgan fingerprint density at radius 1 is 1.21 bits per heavy atom. The van der Waals surface area contributed by atoms with E-state index in [2.05, 4.69) is 20.5 Å². The largest absolute Gasteiger partial charge is 0.496 e. The van der Waals surface area contributed by atoms with Crippen molar-refractivity contribution in [2.45, 2.75) is 6.42 Å². The maximum atomic E-state index is 12.4. The maximum absolute atomic E-state index is 12.4. The predicted molar refractivity (Wildman–Crippen MR) is 109 cm³/mol. The highest BCUT2D eigenvalue weighted by molar-refractivity contribution is 5.94. The fourth-order valence-electron chi connectivity index (χ4n) is 3.17. The number of methoxy groups -OCH3 is 1. The molecule has 2 aromatic rings. The molecule has 0 bridgehead atoms. The van der Waals surface area contributed by atoms with Gasteiger partial charge < -0.3 is 20.1 Å². The number of morpholine rings is 1. The molecule has 1 fully saturated rings. The number of nitrogens with zero attached hydrogens (tertiary/aromatic N) is 2. The summed E-state index contributed by atoms with van der Waals surface area (Å²) in [6.45, 7) is 5.81. The molecular formula is C21H28N4O3. The highest BCUT2D eigenvalue weighted by atomic mass is 16.5. The van der Waals surface area contributed by atoms with Gasteiger partial charge in [0.15, 0.2) is 0 Å². The number of rotatable bonds is 9. The second-order valence-electron chi connectivity index (χ2n) is 6.66. The van der Waals surface area contributed by atoms with E-state index in [1.807, 2.05) is 30.3 Å². The highest BCUT2D eigenvalue weighted by Crippen LogP contribution is 2.17. The van der Waals surface area contributed by atoms with E-state index in [1.165, 1.54) is 0 Å². The maximum Gasteiger partial charge on any atom is 0.252 e. The standard InChI is InChI=1S/C21H28N4O3/c1-27-20-5-3-2-4-17(20)6-7-24-21(26)18-14-19(16-22-15-18)23-8-9-25-10-12-28-13-11-25/h2-5,14-16,23H,6-13H2,1H3,(H,24,26). The third kappa shape index (κ3) is 5.94. The number of aromatic nitrogens is 1. The molecule has 1 amide bonds. The van der Waals surface area contributed by atoms with Crippen molar-refractivity contribution in [2.75, 3.05) is 58.4 Å². The van der Waals surface area contributed by atoms with Crippen molar-refractivity contribution in [3.05, 3.63) is 53.9 Å². The second-order valence-corrected chi connectivity index (χ2v) is 6.66. The average Bonchev–Trinajstić information content (AvgIpc) is 2.75. The predicted octanol–water partition coefficient (Wildman–Crippen LogP) is 1.81. The van der Waals surface area contributed by atoms with E-state index >= 15 is 0 Å². The first-order valence-electron chi connectivity index (χ1n) is 9.65. The van der Waals surface area contributed by atoms with Gasteiger partial charge in [-0.2, -0.15) is 0 Å². The molecule has 3 rings (SSSR count). The molecule has 1 aliphatic rings. The Bertz CT molecular complexity index is 763. The Hall–Kier alpha value is -2.64. The van der Waals surface area contributed by atoms with Crippen molar-refractivity contribution >= 4 is 11.6 Å². The van der Waals surface area contributed by atoms with Gasteiger partial charge >= 0.3 is 0 Å². The van der Waals surface area contributed by atoms with Crippen molar-refractivity contribution in [1.82, 2.24) is 15.2 Å². The molecule has 1 saturated heterocycles. The van der Waals surface area contributed by atoms with Crippen molar-refractivity contribution in [1.29, 1.82) is 0 Å². The summed E-state index contributed by atoms with van der Waals surface area (Å²) in [5.41, 5.74) is 2.48. The molecule has 0 unspecified atom stereocenters. The van der Waals surface area contributed by atoms with Gasteiger partial charge in [0.2, 0.25) is 0 Å². The fraction of sp³-hybridized carbons (Fsp3) is 0.429. The molecule has 2 N–H and O–H groups in total. The topological polar surface area (TPSA) is 75.7 Å². The number of nitrogens with one attached hydrogen (secondary N) is 2. The van der Waals surface area contributed by atoms with E-state index in [0.29, 0.717) is 18.5 Å². The number of benzene rings is 1. The van der Waals surface area contributed by atoms with Gasteiger partial charge in [0.1, 0.15) is 5.75 Å². The minimum absolute atomic E-state index is 0.126. The number of carbonyl (C=O) groups excluding carboxylic acids is 1. The van der Waals surface area contributed by atoms with E-state index in [-0.39, 0.29) is 5.91 Å². The normalized spacial score (nSPS) is 14.5. The molecule has 1 aromatic carbocycles. The van der Waals surface area contributed by atoms with Crippen LogP contribution in [0.1, 0.15) is 15.9 Å². The van der Waals surface area contributed by atoms with E-state index in [0.717, 1.165) is 56.4 Å². The van der Waals surface area contributed by atoms with Crippen LogP contribution in [0.2, 0.25) is 0 Å². The third-order valence-electron chi connectivity index (χ3n) is 4.73. The lowest BCUT2D eigenvalue weighted by molar-refractivity contribution is 0.0398. The van der Waals surface area contributed by atoms with Crippen LogP contribution < -0.4 is 15.4 Å². The Balaban J connectivity index is 1.45. The smallest absolute Gasteiger partial charge is 0.252 e. The van der Waals surface area contributed by atoms with Crippen LogP contribution in [0, 0.1) is 0 Å². The summed E-state index contributed by atoms with van der Waals surface area (Å²) >= 11 is 0. The van der Waals surface area contributed by atoms with Gasteiger partial charge in [-0.3, -0.25) is 14.7 Å². The van der Waals surface area contributed by atoms with Crippen molar-refractivity contribution in [3.8, 4) is 5.75 Å². The average molecular weight is 384 g/mol. The summed E-state index contributed by atoms with van der Waals surface area (Å²) in [7, 11) is 1.65. The Labute approximate surface area is 166 Å². The first-order chi connectivity index (χ1) is 13.8. The van der Waals surface area contributed by atoms with Gasteiger partial charge in [-0.1, -0.05) is 18.2 Å². The van der Waals surface area contributed by atoms with E-state index in [4.69, 9.17) is 9.47 Å². The summed E-state index contributed by atoms with van der Waals surface area (Å²) in [6.07, 6.45) is 4.04. The molecule has 0 saturated carbocycles. The molecule has 0 atom stereocenters. The minimum Gasteiger partial charge on any atom is -0.496 e. The van der Waals surface area contributed by atoms with Crippen molar-refractivity contribution in [2.24, 2.45) is 0 Å². The lowest BCUT2D eigenvalue weighted by atomic mass is 10.1. The minimum atomic E-state index is -0.126. The molecule has 0 aliphatic carbocycles. The molecule has 28 heavy (non-hydrogen) atoms. The molecule has 0 spiro atoms. The monoisotopic (exact) mass is 384 g/mol. The first kappa shape index (κ1) is 20.1. The number of pyridine rings is 1. The van der Waals surface area contributed by atoms with Gasteiger partial charge in [0, 0.05) is 45.1 Å². The van der Waals surface area contributed by atoms with Gasteiger partial charge in [0.25, 0.3) is 5.91 Å². The van der Waals surface area contributed by atoms with E-state index in [9.17, 15) is 4.79 Å². The summed E-state index contributed by atoms with van der Waals surface area (Å²) in [4.78, 5) is 19.0. The van der Waals surface area contributed by atoms with Gasteiger partial charge in [-0.25, -0.2) is 0 Å². The Morgan fingerprint density at radius 3 is 2.86 bits per heavy atom. The number of anilines is 1. The van der Waals surface area contributed by atoms with Crippen LogP contribution in [-0.2, 0) is 11.2 Å². The molecule has 2 heterocycles. The number of para-hydroxylation sites is 1. The summed E-state index contributed by atoms with van der Waals surface area (Å²) < 4.78 is 10.7.